The minimum absolute atomic E-state index is 0.0768. The van der Waals surface area contributed by atoms with Crippen molar-refractivity contribution in [3.05, 3.63) is 36.5 Å². The van der Waals surface area contributed by atoms with Crippen LogP contribution in [0, 0.1) is 0 Å². The Bertz CT molecular complexity index is 1190. The topological polar surface area (TPSA) is 78.9 Å². The SMILES string of the molecule is CCCCC/C=C\C/C=C\CCCCCCCC(=O)OC(COC(=O)CCCCCCC/C=C\CCCCC)COC(=O)CCCCCCCCCCCCCCCCCCCCCCCCCCCC. The van der Waals surface area contributed by atoms with Crippen molar-refractivity contribution in [1.29, 1.82) is 0 Å². The maximum Gasteiger partial charge on any atom is 0.306 e. The van der Waals surface area contributed by atoms with Crippen molar-refractivity contribution in [3.8, 4) is 0 Å². The van der Waals surface area contributed by atoms with E-state index in [-0.39, 0.29) is 31.1 Å². The Morgan fingerprint density at radius 2 is 0.507 bits per heavy atom. The molecule has 6 heteroatoms. The minimum atomic E-state index is -0.780. The monoisotopic (exact) mass is 997 g/mol. The molecule has 6 nitrogen and oxygen atoms in total. The molecular weight excluding hydrogens is 877 g/mol. The van der Waals surface area contributed by atoms with Gasteiger partial charge < -0.3 is 14.2 Å². The van der Waals surface area contributed by atoms with Gasteiger partial charge in [-0.3, -0.25) is 14.4 Å². The quantitative estimate of drug-likeness (QED) is 0.0261. The van der Waals surface area contributed by atoms with Gasteiger partial charge in [-0.05, 0) is 77.0 Å². The summed E-state index contributed by atoms with van der Waals surface area (Å²) in [6.07, 6.45) is 73.0. The van der Waals surface area contributed by atoms with Crippen LogP contribution in [-0.4, -0.2) is 37.2 Å². The van der Waals surface area contributed by atoms with E-state index in [1.54, 1.807) is 0 Å². The van der Waals surface area contributed by atoms with Gasteiger partial charge in [0.2, 0.25) is 0 Å². The fraction of sp³-hybridized carbons (Fsp3) is 0.862. The van der Waals surface area contributed by atoms with Gasteiger partial charge in [-0.1, -0.05) is 282 Å². The van der Waals surface area contributed by atoms with Crippen molar-refractivity contribution in [1.82, 2.24) is 0 Å². The Morgan fingerprint density at radius 1 is 0.282 bits per heavy atom. The Morgan fingerprint density at radius 3 is 0.817 bits per heavy atom. The summed E-state index contributed by atoms with van der Waals surface area (Å²) in [7, 11) is 0. The second-order valence-electron chi connectivity index (χ2n) is 21.3. The molecule has 416 valence electrons. The predicted octanol–water partition coefficient (Wildman–Crippen LogP) is 21.2. The first-order valence-electron chi connectivity index (χ1n) is 31.5. The molecule has 0 aromatic heterocycles. The molecule has 0 amide bonds. The van der Waals surface area contributed by atoms with E-state index >= 15 is 0 Å². The molecule has 0 heterocycles. The predicted molar refractivity (Wildman–Crippen MR) is 307 cm³/mol. The molecule has 0 fully saturated rings. The van der Waals surface area contributed by atoms with Crippen LogP contribution in [0.4, 0.5) is 0 Å². The van der Waals surface area contributed by atoms with Gasteiger partial charge in [0.05, 0.1) is 0 Å². The summed E-state index contributed by atoms with van der Waals surface area (Å²) in [6.45, 7) is 6.62. The van der Waals surface area contributed by atoms with Crippen LogP contribution in [0.2, 0.25) is 0 Å². The lowest BCUT2D eigenvalue weighted by molar-refractivity contribution is -0.167. The van der Waals surface area contributed by atoms with Gasteiger partial charge in [-0.15, -0.1) is 0 Å². The van der Waals surface area contributed by atoms with E-state index in [1.165, 1.54) is 212 Å². The molecule has 0 spiro atoms. The zero-order chi connectivity index (χ0) is 51.4. The van der Waals surface area contributed by atoms with Gasteiger partial charge in [0, 0.05) is 19.3 Å². The normalized spacial score (nSPS) is 12.2. The van der Waals surface area contributed by atoms with Crippen LogP contribution in [0.3, 0.4) is 0 Å². The van der Waals surface area contributed by atoms with Crippen LogP contribution < -0.4 is 0 Å². The van der Waals surface area contributed by atoms with Crippen molar-refractivity contribution in [2.75, 3.05) is 13.2 Å². The highest BCUT2D eigenvalue weighted by atomic mass is 16.6. The zero-order valence-electron chi connectivity index (χ0n) is 47.8. The number of hydrogen-bond donors (Lipinski definition) is 0. The van der Waals surface area contributed by atoms with Gasteiger partial charge >= 0.3 is 17.9 Å². The fourth-order valence-corrected chi connectivity index (χ4v) is 9.35. The number of carbonyl (C=O) groups is 3. The summed E-state index contributed by atoms with van der Waals surface area (Å²) in [5.41, 5.74) is 0. The van der Waals surface area contributed by atoms with Crippen molar-refractivity contribution in [3.63, 3.8) is 0 Å². The molecule has 1 unspecified atom stereocenters. The highest BCUT2D eigenvalue weighted by molar-refractivity contribution is 5.71. The Hall–Kier alpha value is -2.37. The molecule has 0 saturated carbocycles. The van der Waals surface area contributed by atoms with Crippen molar-refractivity contribution >= 4 is 17.9 Å². The third kappa shape index (κ3) is 58.4. The van der Waals surface area contributed by atoms with Crippen LogP contribution >= 0.6 is 0 Å². The van der Waals surface area contributed by atoms with Crippen LogP contribution in [-0.2, 0) is 28.6 Å². The van der Waals surface area contributed by atoms with Gasteiger partial charge in [0.1, 0.15) is 13.2 Å². The third-order valence-corrected chi connectivity index (χ3v) is 14.1. The molecule has 0 aromatic rings. The number of ether oxygens (including phenoxy) is 3. The lowest BCUT2D eigenvalue weighted by atomic mass is 10.0. The number of carbonyl (C=O) groups excluding carboxylic acids is 3. The lowest BCUT2D eigenvalue weighted by Gasteiger charge is -2.18. The van der Waals surface area contributed by atoms with Crippen LogP contribution in [0.1, 0.15) is 342 Å². The maximum atomic E-state index is 12.9. The van der Waals surface area contributed by atoms with E-state index in [0.29, 0.717) is 19.3 Å². The van der Waals surface area contributed by atoms with Gasteiger partial charge in [0.15, 0.2) is 6.10 Å². The summed E-state index contributed by atoms with van der Waals surface area (Å²) >= 11 is 0. The molecule has 0 aliphatic carbocycles. The van der Waals surface area contributed by atoms with Crippen LogP contribution in [0.15, 0.2) is 36.5 Å². The molecule has 0 rings (SSSR count). The largest absolute Gasteiger partial charge is 0.462 e. The van der Waals surface area contributed by atoms with E-state index in [0.717, 1.165) is 89.9 Å². The second-order valence-corrected chi connectivity index (χ2v) is 21.3. The van der Waals surface area contributed by atoms with Crippen LogP contribution in [0.5, 0.6) is 0 Å². The first-order chi connectivity index (χ1) is 35.0. The van der Waals surface area contributed by atoms with E-state index in [4.69, 9.17) is 14.2 Å². The zero-order valence-corrected chi connectivity index (χ0v) is 47.8. The summed E-state index contributed by atoms with van der Waals surface area (Å²) < 4.78 is 16.9. The molecular formula is C65H120O6. The summed E-state index contributed by atoms with van der Waals surface area (Å²) in [5, 5.41) is 0. The molecule has 71 heavy (non-hydrogen) atoms. The first kappa shape index (κ1) is 68.6. The molecule has 0 N–H and O–H groups in total. The second kappa shape index (κ2) is 60.2. The fourth-order valence-electron chi connectivity index (χ4n) is 9.35. The molecule has 0 aliphatic rings. The third-order valence-electron chi connectivity index (χ3n) is 14.1. The Balaban J connectivity index is 4.19. The summed E-state index contributed by atoms with van der Waals surface area (Å²) in [4.78, 5) is 38.2. The number of esters is 3. The smallest absolute Gasteiger partial charge is 0.306 e. The van der Waals surface area contributed by atoms with E-state index in [9.17, 15) is 14.4 Å². The van der Waals surface area contributed by atoms with Crippen molar-refractivity contribution in [2.45, 2.75) is 348 Å². The number of allylic oxidation sites excluding steroid dienone is 6. The molecule has 1 atom stereocenters. The average molecular weight is 998 g/mol. The Kier molecular flexibility index (Phi) is 58.2. The number of rotatable bonds is 58. The van der Waals surface area contributed by atoms with Crippen molar-refractivity contribution < 1.29 is 28.6 Å². The maximum absolute atomic E-state index is 12.9. The molecule has 0 saturated heterocycles. The standard InChI is InChI=1S/C65H120O6/c1-4-7-10-13-16-19-22-25-27-28-29-30-31-32-33-34-35-36-37-39-40-43-46-49-52-55-58-64(67)70-61-62(60-69-63(66)57-54-51-48-45-42-24-21-18-15-12-9-6-3)71-65(68)59-56-53-50-47-44-41-38-26-23-20-17-14-11-8-5-2/h17-18,20-21,26,38,62H,4-16,19,22-25,27-37,39-61H2,1-3H3/b20-17-,21-18-,38-26-. The Labute approximate surface area is 442 Å². The number of unbranched alkanes of at least 4 members (excludes halogenated alkanes) is 41. The molecule has 0 bridgehead atoms. The average Bonchev–Trinajstić information content (AvgIpc) is 3.37. The summed E-state index contributed by atoms with van der Waals surface area (Å²) in [5.74, 6) is -0.881. The molecule has 0 aromatic carbocycles. The van der Waals surface area contributed by atoms with E-state index in [2.05, 4.69) is 57.2 Å². The highest BCUT2D eigenvalue weighted by Crippen LogP contribution is 2.18. The van der Waals surface area contributed by atoms with E-state index < -0.39 is 6.10 Å². The van der Waals surface area contributed by atoms with Crippen molar-refractivity contribution in [2.24, 2.45) is 0 Å². The number of hydrogen-bond acceptors (Lipinski definition) is 6. The molecule has 0 radical (unpaired) electrons. The first-order valence-corrected chi connectivity index (χ1v) is 31.5. The van der Waals surface area contributed by atoms with Gasteiger partial charge in [-0.2, -0.15) is 0 Å². The summed E-state index contributed by atoms with van der Waals surface area (Å²) in [6, 6.07) is 0. The minimum Gasteiger partial charge on any atom is -0.462 e. The lowest BCUT2D eigenvalue weighted by Crippen LogP contribution is -2.30. The van der Waals surface area contributed by atoms with Gasteiger partial charge in [0.25, 0.3) is 0 Å². The highest BCUT2D eigenvalue weighted by Gasteiger charge is 2.19. The van der Waals surface area contributed by atoms with Gasteiger partial charge in [-0.25, -0.2) is 0 Å². The molecule has 0 aliphatic heterocycles. The van der Waals surface area contributed by atoms with E-state index in [1.807, 2.05) is 0 Å². The van der Waals surface area contributed by atoms with Crippen LogP contribution in [0.25, 0.3) is 0 Å².